The van der Waals surface area contributed by atoms with Crippen LogP contribution in [0.15, 0.2) is 40.1 Å². The molecular formula is C36H48F3N5O6S. The molecule has 5 rings (SSSR count). The number of nitrogens with zero attached hydrogens (tertiary/aromatic N) is 5. The summed E-state index contributed by atoms with van der Waals surface area (Å²) in [6.07, 6.45) is -6.57. The number of fused-ring (bicyclic) bond motifs is 2. The number of benzene rings is 2. The standard InChI is InChI=1S/C36H48F3N5O6S/c1-33(2,3)48-30(45)42-16-12-40(13-17-42)23-10-11-26-27(21-23)51-28-22-24(41-14-18-43(19-15-41)31(46)49-34(4,5)6)20-25(36(37,38)39)29(28)44(26)32(47)50-35(7,8)9/h10-11,20-22H,12-19H2,1-9H3. The van der Waals surface area contributed by atoms with E-state index in [0.29, 0.717) is 49.9 Å². The number of rotatable bonds is 2. The molecule has 2 fully saturated rings. The van der Waals surface area contributed by atoms with Crippen molar-refractivity contribution in [3.63, 3.8) is 0 Å². The van der Waals surface area contributed by atoms with Gasteiger partial charge in [-0.15, -0.1) is 0 Å². The molecule has 15 heteroatoms. The van der Waals surface area contributed by atoms with E-state index in [9.17, 15) is 27.6 Å². The Balaban J connectivity index is 1.47. The number of piperazine rings is 2. The van der Waals surface area contributed by atoms with Crippen LogP contribution < -0.4 is 14.7 Å². The Kier molecular flexibility index (Phi) is 10.4. The molecule has 3 aliphatic rings. The number of hydrogen-bond acceptors (Lipinski definition) is 9. The number of anilines is 4. The monoisotopic (exact) mass is 735 g/mol. The fraction of sp³-hybridized carbons (Fsp3) is 0.583. The highest BCUT2D eigenvalue weighted by Crippen LogP contribution is 2.55. The molecule has 0 atom stereocenters. The number of ether oxygens (including phenoxy) is 3. The molecule has 3 aliphatic heterocycles. The summed E-state index contributed by atoms with van der Waals surface area (Å²) in [6.45, 7) is 18.8. The van der Waals surface area contributed by atoms with Crippen molar-refractivity contribution < 1.29 is 41.8 Å². The Hall–Kier alpha value is -4.01. The lowest BCUT2D eigenvalue weighted by Crippen LogP contribution is -2.50. The van der Waals surface area contributed by atoms with Crippen LogP contribution >= 0.6 is 11.8 Å². The number of carbonyl (C=O) groups excluding carboxylic acids is 3. The van der Waals surface area contributed by atoms with E-state index >= 15 is 0 Å². The van der Waals surface area contributed by atoms with Gasteiger partial charge in [-0.2, -0.15) is 13.2 Å². The van der Waals surface area contributed by atoms with E-state index in [0.717, 1.165) is 28.4 Å². The highest BCUT2D eigenvalue weighted by Gasteiger charge is 2.43. The second-order valence-electron chi connectivity index (χ2n) is 15.8. The minimum atomic E-state index is -4.80. The Morgan fingerprint density at radius 3 is 1.47 bits per heavy atom. The lowest BCUT2D eigenvalue weighted by atomic mass is 10.1. The quantitative estimate of drug-likeness (QED) is 0.282. The van der Waals surface area contributed by atoms with Crippen LogP contribution in [-0.2, 0) is 20.4 Å². The third-order valence-electron chi connectivity index (χ3n) is 8.16. The summed E-state index contributed by atoms with van der Waals surface area (Å²) < 4.78 is 61.6. The summed E-state index contributed by atoms with van der Waals surface area (Å²) in [5.41, 5.74) is -2.08. The summed E-state index contributed by atoms with van der Waals surface area (Å²) in [5, 5.41) is 0. The lowest BCUT2D eigenvalue weighted by molar-refractivity contribution is -0.137. The summed E-state index contributed by atoms with van der Waals surface area (Å²) in [4.78, 5) is 48.0. The predicted molar refractivity (Wildman–Crippen MR) is 190 cm³/mol. The molecule has 0 aromatic heterocycles. The molecule has 0 unspecified atom stereocenters. The first-order valence-electron chi connectivity index (χ1n) is 17.1. The van der Waals surface area contributed by atoms with E-state index in [1.54, 1.807) is 69.5 Å². The zero-order chi connectivity index (χ0) is 37.7. The zero-order valence-corrected chi connectivity index (χ0v) is 31.6. The molecule has 2 aromatic rings. The molecule has 3 amide bonds. The van der Waals surface area contributed by atoms with Gasteiger partial charge in [-0.05, 0) is 92.6 Å². The molecule has 280 valence electrons. The van der Waals surface area contributed by atoms with Crippen LogP contribution in [0.5, 0.6) is 0 Å². The smallest absolute Gasteiger partial charge is 0.419 e. The number of halogens is 3. The van der Waals surface area contributed by atoms with Crippen LogP contribution in [0.2, 0.25) is 0 Å². The maximum absolute atomic E-state index is 15.0. The summed E-state index contributed by atoms with van der Waals surface area (Å²) in [6, 6.07) is 8.03. The number of carbonyl (C=O) groups is 3. The van der Waals surface area contributed by atoms with Crippen LogP contribution in [0.3, 0.4) is 0 Å². The first-order chi connectivity index (χ1) is 23.5. The van der Waals surface area contributed by atoms with Crippen LogP contribution in [0.25, 0.3) is 0 Å². The van der Waals surface area contributed by atoms with Crippen LogP contribution in [0.4, 0.5) is 50.3 Å². The minimum Gasteiger partial charge on any atom is -0.444 e. The molecule has 0 saturated carbocycles. The van der Waals surface area contributed by atoms with Crippen LogP contribution in [-0.4, -0.2) is 97.2 Å². The van der Waals surface area contributed by atoms with Crippen LogP contribution in [0.1, 0.15) is 67.9 Å². The van der Waals surface area contributed by atoms with Gasteiger partial charge in [0.15, 0.2) is 0 Å². The maximum atomic E-state index is 15.0. The molecule has 51 heavy (non-hydrogen) atoms. The average Bonchev–Trinajstić information content (AvgIpc) is 3.00. The second kappa shape index (κ2) is 13.8. The van der Waals surface area contributed by atoms with Gasteiger partial charge in [-0.3, -0.25) is 0 Å². The first-order valence-corrected chi connectivity index (χ1v) is 17.9. The Bertz CT molecular complexity index is 1650. The molecule has 2 saturated heterocycles. The van der Waals surface area contributed by atoms with Crippen molar-refractivity contribution in [1.82, 2.24) is 9.80 Å². The van der Waals surface area contributed by atoms with E-state index < -0.39 is 40.7 Å². The topological polar surface area (TPSA) is 95.1 Å². The Labute approximate surface area is 301 Å². The molecular weight excluding hydrogens is 687 g/mol. The van der Waals surface area contributed by atoms with Gasteiger partial charge in [0.25, 0.3) is 0 Å². The summed E-state index contributed by atoms with van der Waals surface area (Å²) in [5.74, 6) is 0. The van der Waals surface area contributed by atoms with E-state index in [4.69, 9.17) is 14.2 Å². The minimum absolute atomic E-state index is 0.250. The average molecular weight is 736 g/mol. The Morgan fingerprint density at radius 1 is 0.588 bits per heavy atom. The van der Waals surface area contributed by atoms with Gasteiger partial charge in [0.05, 0.1) is 16.9 Å². The van der Waals surface area contributed by atoms with Gasteiger partial charge in [0.2, 0.25) is 0 Å². The SMILES string of the molecule is CC(C)(C)OC(=O)N1CCN(c2ccc3c(c2)Sc2cc(N4CCN(C(=O)OC(C)(C)C)CC4)cc(C(F)(F)F)c2N3C(=O)OC(C)(C)C)CC1. The van der Waals surface area contributed by atoms with Gasteiger partial charge >= 0.3 is 24.5 Å². The van der Waals surface area contributed by atoms with Crippen molar-refractivity contribution in [3.05, 3.63) is 35.9 Å². The molecule has 0 aliphatic carbocycles. The van der Waals surface area contributed by atoms with Gasteiger partial charge in [-0.1, -0.05) is 11.8 Å². The lowest BCUT2D eigenvalue weighted by Gasteiger charge is -2.39. The van der Waals surface area contributed by atoms with Gasteiger partial charge in [-0.25, -0.2) is 19.3 Å². The highest BCUT2D eigenvalue weighted by molar-refractivity contribution is 7.99. The maximum Gasteiger partial charge on any atom is 0.419 e. The highest BCUT2D eigenvalue weighted by atomic mass is 32.2. The van der Waals surface area contributed by atoms with Gasteiger partial charge < -0.3 is 33.8 Å². The molecule has 0 bridgehead atoms. The number of hydrogen-bond donors (Lipinski definition) is 0. The van der Waals surface area contributed by atoms with Crippen molar-refractivity contribution >= 4 is 52.8 Å². The van der Waals surface area contributed by atoms with Crippen molar-refractivity contribution in [2.24, 2.45) is 0 Å². The molecule has 0 radical (unpaired) electrons. The zero-order valence-electron chi connectivity index (χ0n) is 30.8. The number of amides is 3. The summed E-state index contributed by atoms with van der Waals surface area (Å²) in [7, 11) is 0. The van der Waals surface area contributed by atoms with E-state index in [1.807, 2.05) is 31.7 Å². The Morgan fingerprint density at radius 2 is 1.02 bits per heavy atom. The van der Waals surface area contributed by atoms with Gasteiger partial charge in [0, 0.05) is 73.5 Å². The van der Waals surface area contributed by atoms with Crippen molar-refractivity contribution in [2.75, 3.05) is 67.1 Å². The fourth-order valence-electron chi connectivity index (χ4n) is 5.95. The summed E-state index contributed by atoms with van der Waals surface area (Å²) >= 11 is 1.16. The largest absolute Gasteiger partial charge is 0.444 e. The fourth-order valence-corrected chi connectivity index (χ4v) is 7.11. The van der Waals surface area contributed by atoms with Crippen molar-refractivity contribution in [2.45, 2.75) is 95.1 Å². The molecule has 11 nitrogen and oxygen atoms in total. The third kappa shape index (κ3) is 9.27. The molecule has 0 N–H and O–H groups in total. The van der Waals surface area contributed by atoms with E-state index in [1.165, 1.54) is 0 Å². The van der Waals surface area contributed by atoms with Crippen molar-refractivity contribution in [3.8, 4) is 0 Å². The predicted octanol–water partition coefficient (Wildman–Crippen LogP) is 8.36. The molecule has 2 aromatic carbocycles. The second-order valence-corrected chi connectivity index (χ2v) is 16.9. The van der Waals surface area contributed by atoms with Crippen molar-refractivity contribution in [1.29, 1.82) is 0 Å². The molecule has 0 spiro atoms. The third-order valence-corrected chi connectivity index (χ3v) is 9.24. The van der Waals surface area contributed by atoms with E-state index in [2.05, 4.69) is 4.90 Å². The molecule has 3 heterocycles. The van der Waals surface area contributed by atoms with Crippen LogP contribution in [0, 0.1) is 0 Å². The van der Waals surface area contributed by atoms with Gasteiger partial charge in [0.1, 0.15) is 16.8 Å². The first kappa shape index (κ1) is 38.2. The normalized spacial score (nSPS) is 17.1. The van der Waals surface area contributed by atoms with E-state index in [-0.39, 0.29) is 35.5 Å². The number of alkyl halides is 3.